The maximum absolute atomic E-state index is 13.7. The van der Waals surface area contributed by atoms with Gasteiger partial charge >= 0.3 is 12.1 Å². The molecule has 0 spiro atoms. The van der Waals surface area contributed by atoms with E-state index >= 15 is 0 Å². The lowest BCUT2D eigenvalue weighted by Gasteiger charge is -2.15. The predicted molar refractivity (Wildman–Crippen MR) is 97.0 cm³/mol. The van der Waals surface area contributed by atoms with Crippen LogP contribution < -0.4 is 14.9 Å². The van der Waals surface area contributed by atoms with Crippen LogP contribution in [0.15, 0.2) is 51.7 Å². The molecule has 0 N–H and O–H groups in total. The van der Waals surface area contributed by atoms with Crippen LogP contribution in [0.3, 0.4) is 0 Å². The number of rotatable bonds is 5. The summed E-state index contributed by atoms with van der Waals surface area (Å²) < 4.78 is 60.9. The maximum Gasteiger partial charge on any atom is 0.450 e. The molecule has 0 bridgehead atoms. The van der Waals surface area contributed by atoms with Crippen molar-refractivity contribution in [3.8, 4) is 22.6 Å². The molecule has 0 unspecified atom stereocenters. The van der Waals surface area contributed by atoms with Crippen molar-refractivity contribution < 1.29 is 36.6 Å². The number of carbonyl (C=O) groups excluding carboxylic acids is 1. The molecule has 3 rings (SSSR count). The Morgan fingerprint density at radius 3 is 2.48 bits per heavy atom. The van der Waals surface area contributed by atoms with Gasteiger partial charge in [0.25, 0.3) is 0 Å². The quantitative estimate of drug-likeness (QED) is 0.469. The first-order valence-electron chi connectivity index (χ1n) is 8.27. The second kappa shape index (κ2) is 7.96. The second-order valence-electron chi connectivity index (χ2n) is 5.90. The summed E-state index contributed by atoms with van der Waals surface area (Å²) in [4.78, 5) is 24.5. The zero-order valence-electron chi connectivity index (χ0n) is 15.3. The number of para-hydroxylation sites is 1. The van der Waals surface area contributed by atoms with Gasteiger partial charge in [0.2, 0.25) is 11.2 Å². The first kappa shape index (κ1) is 20.4. The molecule has 0 aliphatic heterocycles. The van der Waals surface area contributed by atoms with Crippen LogP contribution in [0, 0.1) is 0 Å². The molecule has 1 heterocycles. The van der Waals surface area contributed by atoms with Gasteiger partial charge in [0.15, 0.2) is 0 Å². The van der Waals surface area contributed by atoms with E-state index in [0.717, 1.165) is 6.07 Å². The van der Waals surface area contributed by atoms with Crippen LogP contribution in [0.2, 0.25) is 0 Å². The number of hydrogen-bond acceptors (Lipinski definition) is 6. The normalized spacial score (nSPS) is 11.5. The SMILES string of the molecule is COCC(=O)Oc1ccc2c(=O)c(-c3ccccc3OC)c(C(F)(F)F)oc2c1. The topological polar surface area (TPSA) is 75.0 Å². The van der Waals surface area contributed by atoms with Crippen molar-refractivity contribution in [1.82, 2.24) is 0 Å². The summed E-state index contributed by atoms with van der Waals surface area (Å²) in [7, 11) is 2.57. The summed E-state index contributed by atoms with van der Waals surface area (Å²) in [6.07, 6.45) is -4.95. The van der Waals surface area contributed by atoms with E-state index in [4.69, 9.17) is 13.9 Å². The minimum Gasteiger partial charge on any atom is -0.496 e. The van der Waals surface area contributed by atoms with E-state index in [1.165, 1.54) is 44.6 Å². The Morgan fingerprint density at radius 1 is 1.10 bits per heavy atom. The Morgan fingerprint density at radius 2 is 1.83 bits per heavy atom. The van der Waals surface area contributed by atoms with Crippen LogP contribution in [-0.4, -0.2) is 26.8 Å². The number of esters is 1. The van der Waals surface area contributed by atoms with Gasteiger partial charge in [0, 0.05) is 18.7 Å². The summed E-state index contributed by atoms with van der Waals surface area (Å²) >= 11 is 0. The lowest BCUT2D eigenvalue weighted by molar-refractivity contribution is -0.152. The highest BCUT2D eigenvalue weighted by molar-refractivity contribution is 5.86. The van der Waals surface area contributed by atoms with Gasteiger partial charge in [-0.05, 0) is 18.2 Å². The Balaban J connectivity index is 2.26. The van der Waals surface area contributed by atoms with E-state index in [0.29, 0.717) is 0 Å². The number of benzene rings is 2. The van der Waals surface area contributed by atoms with Crippen LogP contribution in [-0.2, 0) is 15.7 Å². The molecule has 2 aromatic carbocycles. The molecule has 9 heteroatoms. The largest absolute Gasteiger partial charge is 0.496 e. The third kappa shape index (κ3) is 4.09. The van der Waals surface area contributed by atoms with E-state index < -0.39 is 28.9 Å². The highest BCUT2D eigenvalue weighted by Gasteiger charge is 2.40. The first-order valence-corrected chi connectivity index (χ1v) is 8.27. The molecule has 0 fully saturated rings. The first-order chi connectivity index (χ1) is 13.8. The molecular formula is C20H15F3O6. The van der Waals surface area contributed by atoms with Crippen molar-refractivity contribution in [2.24, 2.45) is 0 Å². The second-order valence-corrected chi connectivity index (χ2v) is 5.90. The summed E-state index contributed by atoms with van der Waals surface area (Å²) in [6, 6.07) is 9.40. The van der Waals surface area contributed by atoms with E-state index in [1.54, 1.807) is 6.07 Å². The van der Waals surface area contributed by atoms with Crippen LogP contribution >= 0.6 is 0 Å². The van der Waals surface area contributed by atoms with Gasteiger partial charge in [-0.3, -0.25) is 4.79 Å². The van der Waals surface area contributed by atoms with Gasteiger partial charge in [-0.1, -0.05) is 18.2 Å². The fraction of sp³-hybridized carbons (Fsp3) is 0.200. The molecular weight excluding hydrogens is 393 g/mol. The van der Waals surface area contributed by atoms with E-state index in [-0.39, 0.29) is 34.6 Å². The number of alkyl halides is 3. The number of fused-ring (bicyclic) bond motifs is 1. The zero-order chi connectivity index (χ0) is 21.2. The minimum absolute atomic E-state index is 0.0476. The maximum atomic E-state index is 13.7. The van der Waals surface area contributed by atoms with Crippen molar-refractivity contribution in [3.63, 3.8) is 0 Å². The van der Waals surface area contributed by atoms with Crippen LogP contribution in [0.25, 0.3) is 22.1 Å². The number of halogens is 3. The molecule has 0 amide bonds. The highest BCUT2D eigenvalue weighted by Crippen LogP contribution is 2.40. The van der Waals surface area contributed by atoms with Crippen molar-refractivity contribution >= 4 is 16.9 Å². The monoisotopic (exact) mass is 408 g/mol. The molecule has 152 valence electrons. The molecule has 0 radical (unpaired) electrons. The average molecular weight is 408 g/mol. The van der Waals surface area contributed by atoms with Crippen LogP contribution in [0.1, 0.15) is 5.76 Å². The smallest absolute Gasteiger partial charge is 0.450 e. The molecule has 0 aliphatic rings. The van der Waals surface area contributed by atoms with Crippen LogP contribution in [0.5, 0.6) is 11.5 Å². The van der Waals surface area contributed by atoms with Crippen LogP contribution in [0.4, 0.5) is 13.2 Å². The highest BCUT2D eigenvalue weighted by atomic mass is 19.4. The lowest BCUT2D eigenvalue weighted by atomic mass is 10.0. The molecule has 6 nitrogen and oxygen atoms in total. The van der Waals surface area contributed by atoms with E-state index in [2.05, 4.69) is 4.74 Å². The third-order valence-electron chi connectivity index (χ3n) is 3.99. The van der Waals surface area contributed by atoms with Gasteiger partial charge in [-0.25, -0.2) is 4.79 Å². The zero-order valence-corrected chi connectivity index (χ0v) is 15.3. The summed E-state index contributed by atoms with van der Waals surface area (Å²) in [5, 5.41) is -0.106. The molecule has 0 aliphatic carbocycles. The van der Waals surface area contributed by atoms with Crippen molar-refractivity contribution in [3.05, 3.63) is 58.4 Å². The van der Waals surface area contributed by atoms with E-state index in [1.807, 2.05) is 0 Å². The summed E-state index contributed by atoms with van der Waals surface area (Å²) in [5.41, 5.74) is -1.97. The molecule has 29 heavy (non-hydrogen) atoms. The molecule has 0 saturated heterocycles. The van der Waals surface area contributed by atoms with Gasteiger partial charge in [0.1, 0.15) is 23.7 Å². The summed E-state index contributed by atoms with van der Waals surface area (Å²) in [6.45, 7) is -0.345. The van der Waals surface area contributed by atoms with Crippen molar-refractivity contribution in [2.45, 2.75) is 6.18 Å². The van der Waals surface area contributed by atoms with E-state index in [9.17, 15) is 22.8 Å². The fourth-order valence-electron chi connectivity index (χ4n) is 2.81. The third-order valence-corrected chi connectivity index (χ3v) is 3.99. The van der Waals surface area contributed by atoms with Gasteiger partial charge in [-0.15, -0.1) is 0 Å². The lowest BCUT2D eigenvalue weighted by Crippen LogP contribution is -2.17. The number of ether oxygens (including phenoxy) is 3. The molecule has 3 aromatic rings. The van der Waals surface area contributed by atoms with Gasteiger partial charge < -0.3 is 18.6 Å². The van der Waals surface area contributed by atoms with Gasteiger partial charge in [-0.2, -0.15) is 13.2 Å². The molecule has 0 saturated carbocycles. The summed E-state index contributed by atoms with van der Waals surface area (Å²) in [5.74, 6) is -2.22. The average Bonchev–Trinajstić information content (AvgIpc) is 2.67. The number of hydrogen-bond donors (Lipinski definition) is 0. The Kier molecular flexibility index (Phi) is 5.60. The van der Waals surface area contributed by atoms with Crippen molar-refractivity contribution in [2.75, 3.05) is 20.8 Å². The standard InChI is InChI=1S/C20H15F3O6/c1-26-10-16(24)28-11-7-8-13-15(9-11)29-19(20(21,22)23)17(18(13)25)12-5-3-4-6-14(12)27-2/h3-9H,10H2,1-2H3. The van der Waals surface area contributed by atoms with Gasteiger partial charge in [0.05, 0.1) is 18.1 Å². The molecule has 1 aromatic heterocycles. The number of carbonyl (C=O) groups is 1. The minimum atomic E-state index is -4.95. The molecule has 0 atom stereocenters. The fourth-order valence-corrected chi connectivity index (χ4v) is 2.81. The van der Waals surface area contributed by atoms with Crippen molar-refractivity contribution in [1.29, 1.82) is 0 Å². The Bertz CT molecular complexity index is 1120. The predicted octanol–water partition coefficient (Wildman–Crippen LogP) is 4.04. The Hall–Kier alpha value is -3.33. The number of methoxy groups -OCH3 is 2. The Labute approximate surface area is 162 Å².